The summed E-state index contributed by atoms with van der Waals surface area (Å²) >= 11 is 7.16. The zero-order valence-electron chi connectivity index (χ0n) is 5.04. The van der Waals surface area contributed by atoms with E-state index >= 15 is 0 Å². The van der Waals surface area contributed by atoms with Crippen molar-refractivity contribution in [1.82, 2.24) is 0 Å². The summed E-state index contributed by atoms with van der Waals surface area (Å²) in [4.78, 5) is 10.6. The van der Waals surface area contributed by atoms with Crippen LogP contribution in [0.4, 0.5) is 0 Å². The van der Waals surface area contributed by atoms with E-state index in [1.165, 1.54) is 11.3 Å². The average molecular weight is 177 g/mol. The summed E-state index contributed by atoms with van der Waals surface area (Å²) in [5.74, 6) is 0. The molecule has 1 heterocycles. The second-order valence-electron chi connectivity index (χ2n) is 1.60. The Kier molecular flexibility index (Phi) is 2.71. The smallest absolute Gasteiger partial charge is 0.293 e. The molecule has 0 radical (unpaired) electrons. The van der Waals surface area contributed by atoms with Crippen LogP contribution in [0.1, 0.15) is 4.88 Å². The van der Waals surface area contributed by atoms with Crippen LogP contribution in [-0.4, -0.2) is 6.47 Å². The minimum absolute atomic E-state index is 0.278. The Labute approximate surface area is 67.4 Å². The summed E-state index contributed by atoms with van der Waals surface area (Å²) in [5.41, 5.74) is 0. The minimum atomic E-state index is 0.278. The first-order chi connectivity index (χ1) is 4.84. The van der Waals surface area contributed by atoms with Gasteiger partial charge in [-0.2, -0.15) is 0 Å². The van der Waals surface area contributed by atoms with Gasteiger partial charge in [0, 0.05) is 0 Å². The van der Waals surface area contributed by atoms with Crippen LogP contribution in [0.5, 0.6) is 0 Å². The van der Waals surface area contributed by atoms with Gasteiger partial charge in [-0.15, -0.1) is 11.3 Å². The zero-order valence-corrected chi connectivity index (χ0v) is 6.61. The molecule has 0 N–H and O–H groups in total. The number of carbonyl (C=O) groups is 1. The number of halogens is 1. The normalized spacial score (nSPS) is 9.30. The molecule has 1 aromatic rings. The first-order valence-corrected chi connectivity index (χ1v) is 3.87. The van der Waals surface area contributed by atoms with Crippen molar-refractivity contribution in [3.8, 4) is 0 Å². The monoisotopic (exact) mass is 176 g/mol. The second-order valence-corrected chi connectivity index (χ2v) is 3.01. The van der Waals surface area contributed by atoms with Crippen LogP contribution in [-0.2, 0) is 16.1 Å². The average Bonchev–Trinajstić information content (AvgIpc) is 2.31. The fourth-order valence-electron chi connectivity index (χ4n) is 0.538. The van der Waals surface area contributed by atoms with Gasteiger partial charge >= 0.3 is 0 Å². The minimum Gasteiger partial charge on any atom is -0.462 e. The van der Waals surface area contributed by atoms with Gasteiger partial charge in [0.2, 0.25) is 0 Å². The van der Waals surface area contributed by atoms with E-state index in [1.807, 2.05) is 5.38 Å². The molecular formula is C6H5ClO2S. The molecule has 0 amide bonds. The summed E-state index contributed by atoms with van der Waals surface area (Å²) in [5, 5.41) is 2.51. The molecule has 0 saturated heterocycles. The van der Waals surface area contributed by atoms with E-state index in [9.17, 15) is 4.79 Å². The Balaban J connectivity index is 2.56. The standard InChI is InChI=1S/C6H5ClO2S/c7-5-1-2-10-6(5)3-9-4-8/h1-2,4H,3H2. The Hall–Kier alpha value is -0.540. The summed E-state index contributed by atoms with van der Waals surface area (Å²) in [7, 11) is 0. The van der Waals surface area contributed by atoms with Crippen LogP contribution in [0.3, 0.4) is 0 Å². The van der Waals surface area contributed by atoms with Gasteiger partial charge in [0.05, 0.1) is 9.90 Å². The molecule has 0 fully saturated rings. The van der Waals surface area contributed by atoms with Crippen molar-refractivity contribution in [3.05, 3.63) is 21.3 Å². The Morgan fingerprint density at radius 2 is 2.60 bits per heavy atom. The fourth-order valence-corrected chi connectivity index (χ4v) is 1.55. The van der Waals surface area contributed by atoms with Crippen molar-refractivity contribution in [2.45, 2.75) is 6.61 Å². The molecule has 2 nitrogen and oxygen atoms in total. The molecule has 0 atom stereocenters. The van der Waals surface area contributed by atoms with Gasteiger partial charge in [0.15, 0.2) is 0 Å². The maximum atomic E-state index is 9.75. The zero-order chi connectivity index (χ0) is 7.40. The highest BCUT2D eigenvalue weighted by Crippen LogP contribution is 2.22. The summed E-state index contributed by atoms with van der Waals surface area (Å²) in [6.45, 7) is 0.691. The molecule has 0 aliphatic heterocycles. The third kappa shape index (κ3) is 1.72. The molecule has 0 unspecified atom stereocenters. The van der Waals surface area contributed by atoms with E-state index in [2.05, 4.69) is 4.74 Å². The molecule has 10 heavy (non-hydrogen) atoms. The van der Waals surface area contributed by atoms with Crippen LogP contribution in [0.25, 0.3) is 0 Å². The lowest BCUT2D eigenvalue weighted by Gasteiger charge is -1.93. The summed E-state index contributed by atoms with van der Waals surface area (Å²) in [6, 6.07) is 1.77. The molecule has 0 saturated carbocycles. The van der Waals surface area contributed by atoms with E-state index in [0.717, 1.165) is 4.88 Å². The van der Waals surface area contributed by atoms with E-state index in [-0.39, 0.29) is 6.61 Å². The first kappa shape index (κ1) is 7.57. The Bertz CT molecular complexity index is 221. The highest BCUT2D eigenvalue weighted by atomic mass is 35.5. The van der Waals surface area contributed by atoms with Gasteiger partial charge in [-0.1, -0.05) is 11.6 Å². The van der Waals surface area contributed by atoms with Crippen molar-refractivity contribution in [2.24, 2.45) is 0 Å². The number of carbonyl (C=O) groups excluding carboxylic acids is 1. The molecule has 54 valence electrons. The van der Waals surface area contributed by atoms with Gasteiger partial charge in [-0.05, 0) is 11.4 Å². The third-order valence-corrected chi connectivity index (χ3v) is 2.33. The lowest BCUT2D eigenvalue weighted by molar-refractivity contribution is -0.129. The van der Waals surface area contributed by atoms with Crippen molar-refractivity contribution < 1.29 is 9.53 Å². The molecular weight excluding hydrogens is 172 g/mol. The van der Waals surface area contributed by atoms with Crippen LogP contribution >= 0.6 is 22.9 Å². The topological polar surface area (TPSA) is 26.3 Å². The van der Waals surface area contributed by atoms with Gasteiger partial charge in [-0.3, -0.25) is 4.79 Å². The molecule has 0 spiro atoms. The van der Waals surface area contributed by atoms with Crippen LogP contribution in [0.2, 0.25) is 5.02 Å². The first-order valence-electron chi connectivity index (χ1n) is 2.61. The highest BCUT2D eigenvalue weighted by Gasteiger charge is 1.99. The molecule has 0 aliphatic carbocycles. The third-order valence-electron chi connectivity index (χ3n) is 0.974. The quantitative estimate of drug-likeness (QED) is 0.660. The molecule has 1 aromatic heterocycles. The predicted octanol–water partition coefficient (Wildman–Crippen LogP) is 2.07. The van der Waals surface area contributed by atoms with Crippen molar-refractivity contribution in [1.29, 1.82) is 0 Å². The van der Waals surface area contributed by atoms with Crippen LogP contribution in [0.15, 0.2) is 11.4 Å². The van der Waals surface area contributed by atoms with Crippen molar-refractivity contribution >= 4 is 29.4 Å². The van der Waals surface area contributed by atoms with Gasteiger partial charge in [-0.25, -0.2) is 0 Å². The number of hydrogen-bond acceptors (Lipinski definition) is 3. The largest absolute Gasteiger partial charge is 0.462 e. The van der Waals surface area contributed by atoms with Crippen molar-refractivity contribution in [2.75, 3.05) is 0 Å². The van der Waals surface area contributed by atoms with E-state index in [4.69, 9.17) is 11.6 Å². The fraction of sp³-hybridized carbons (Fsp3) is 0.167. The number of hydrogen-bond donors (Lipinski definition) is 0. The molecule has 0 aliphatic rings. The Morgan fingerprint density at radius 3 is 3.10 bits per heavy atom. The van der Waals surface area contributed by atoms with E-state index < -0.39 is 0 Å². The van der Waals surface area contributed by atoms with Crippen LogP contribution < -0.4 is 0 Å². The van der Waals surface area contributed by atoms with E-state index in [1.54, 1.807) is 6.07 Å². The molecule has 1 rings (SSSR count). The summed E-state index contributed by atoms with van der Waals surface area (Å²) in [6.07, 6.45) is 0. The maximum Gasteiger partial charge on any atom is 0.293 e. The number of thiophene rings is 1. The van der Waals surface area contributed by atoms with Crippen molar-refractivity contribution in [3.63, 3.8) is 0 Å². The number of ether oxygens (including phenoxy) is 1. The summed E-state index contributed by atoms with van der Waals surface area (Å²) < 4.78 is 4.50. The van der Waals surface area contributed by atoms with Gasteiger partial charge in [0.1, 0.15) is 6.61 Å². The second kappa shape index (κ2) is 3.58. The molecule has 4 heteroatoms. The lowest BCUT2D eigenvalue weighted by Crippen LogP contribution is -1.85. The highest BCUT2D eigenvalue weighted by molar-refractivity contribution is 7.10. The van der Waals surface area contributed by atoms with Gasteiger partial charge < -0.3 is 4.74 Å². The van der Waals surface area contributed by atoms with Crippen LogP contribution in [0, 0.1) is 0 Å². The van der Waals surface area contributed by atoms with E-state index in [0.29, 0.717) is 11.5 Å². The predicted molar refractivity (Wildman–Crippen MR) is 40.2 cm³/mol. The SMILES string of the molecule is O=COCc1sccc1Cl. The Morgan fingerprint density at radius 1 is 1.80 bits per heavy atom. The lowest BCUT2D eigenvalue weighted by atomic mass is 10.5. The van der Waals surface area contributed by atoms with Gasteiger partial charge in [0.25, 0.3) is 6.47 Å². The molecule has 0 aromatic carbocycles. The molecule has 0 bridgehead atoms. The number of rotatable bonds is 3. The maximum absolute atomic E-state index is 9.75.